The highest BCUT2D eigenvalue weighted by molar-refractivity contribution is 5.87. The number of nitrogens with zero attached hydrogens (tertiary/aromatic N) is 5. The molecule has 216 valence electrons. The molecule has 1 aliphatic carbocycles. The van der Waals surface area contributed by atoms with Crippen LogP contribution in [-0.2, 0) is 23.1 Å². The van der Waals surface area contributed by atoms with Crippen molar-refractivity contribution in [3.8, 4) is 11.5 Å². The van der Waals surface area contributed by atoms with Crippen molar-refractivity contribution in [3.05, 3.63) is 58.6 Å². The van der Waals surface area contributed by atoms with Gasteiger partial charge in [-0.2, -0.15) is 5.10 Å². The lowest BCUT2D eigenvalue weighted by Gasteiger charge is -2.18. The van der Waals surface area contributed by atoms with Crippen molar-refractivity contribution in [1.82, 2.24) is 24.3 Å². The van der Waals surface area contributed by atoms with E-state index in [4.69, 9.17) is 19.6 Å². The summed E-state index contributed by atoms with van der Waals surface area (Å²) < 4.78 is 15.2. The van der Waals surface area contributed by atoms with E-state index in [1.807, 2.05) is 42.8 Å². The number of aryl methyl sites for hydroxylation is 1. The SMILES string of the molecule is CCCC(COCC)Cn1nc(C2CC2)cc(Nc2nc3ccc(Oc4ccnc(NC(C)=O)c4)cc3n2C)c1=O. The van der Waals surface area contributed by atoms with Gasteiger partial charge in [0.2, 0.25) is 11.9 Å². The summed E-state index contributed by atoms with van der Waals surface area (Å²) in [6.45, 7) is 7.33. The van der Waals surface area contributed by atoms with Gasteiger partial charge in [-0.3, -0.25) is 9.59 Å². The molecule has 11 nitrogen and oxygen atoms in total. The fraction of sp³-hybridized carbons (Fsp3) is 0.433. The number of fused-ring (bicyclic) bond motifs is 1. The van der Waals surface area contributed by atoms with Gasteiger partial charge in [0.05, 0.1) is 23.3 Å². The van der Waals surface area contributed by atoms with E-state index in [0.717, 1.165) is 42.4 Å². The molecule has 5 rings (SSSR count). The van der Waals surface area contributed by atoms with Crippen LogP contribution in [-0.4, -0.2) is 43.4 Å². The van der Waals surface area contributed by atoms with Gasteiger partial charge < -0.3 is 24.7 Å². The molecule has 11 heteroatoms. The van der Waals surface area contributed by atoms with E-state index in [2.05, 4.69) is 22.5 Å². The summed E-state index contributed by atoms with van der Waals surface area (Å²) >= 11 is 0. The van der Waals surface area contributed by atoms with Crippen molar-refractivity contribution in [3.63, 3.8) is 0 Å². The molecule has 4 aromatic rings. The number of rotatable bonds is 13. The number of anilines is 3. The molecule has 3 aromatic heterocycles. The van der Waals surface area contributed by atoms with Crippen molar-refractivity contribution >= 4 is 34.4 Å². The molecule has 1 amide bonds. The fourth-order valence-corrected chi connectivity index (χ4v) is 4.84. The molecular formula is C30H37N7O4. The predicted molar refractivity (Wildman–Crippen MR) is 158 cm³/mol. The first-order chi connectivity index (χ1) is 19.8. The smallest absolute Gasteiger partial charge is 0.290 e. The van der Waals surface area contributed by atoms with Gasteiger partial charge >= 0.3 is 0 Å². The standard InChI is InChI=1S/C30H37N7O4/c1-5-7-20(18-40-6-2)17-37-29(39)26(16-25(35-37)21-8-9-21)34-30-33-24-11-10-22(14-27(24)36(30)4)41-23-12-13-31-28(15-23)32-19(3)38/h10-16,20-21H,5-9,17-18H2,1-4H3,(H,33,34)(H,31,32,38). The number of nitrogens with one attached hydrogen (secondary N) is 2. The Morgan fingerprint density at radius 1 is 1.15 bits per heavy atom. The molecule has 41 heavy (non-hydrogen) atoms. The Labute approximate surface area is 238 Å². The third-order valence-corrected chi connectivity index (χ3v) is 7.04. The first kappa shape index (κ1) is 28.3. The van der Waals surface area contributed by atoms with Gasteiger partial charge in [0.25, 0.3) is 5.56 Å². The van der Waals surface area contributed by atoms with Crippen LogP contribution in [0.3, 0.4) is 0 Å². The minimum atomic E-state index is -0.206. The average molecular weight is 560 g/mol. The minimum Gasteiger partial charge on any atom is -0.457 e. The highest BCUT2D eigenvalue weighted by atomic mass is 16.5. The van der Waals surface area contributed by atoms with E-state index in [-0.39, 0.29) is 17.4 Å². The average Bonchev–Trinajstić information content (AvgIpc) is 3.75. The summed E-state index contributed by atoms with van der Waals surface area (Å²) in [4.78, 5) is 33.8. The van der Waals surface area contributed by atoms with Gasteiger partial charge in [-0.1, -0.05) is 13.3 Å². The molecule has 0 bridgehead atoms. The Morgan fingerprint density at radius 2 is 1.95 bits per heavy atom. The number of imidazole rings is 1. The second-order valence-electron chi connectivity index (χ2n) is 10.5. The third-order valence-electron chi connectivity index (χ3n) is 7.04. The molecule has 1 atom stereocenters. The third kappa shape index (κ3) is 6.91. The lowest BCUT2D eigenvalue weighted by atomic mass is 10.1. The number of amides is 1. The zero-order chi connectivity index (χ0) is 28.9. The normalized spacial score (nSPS) is 13.8. The van der Waals surface area contributed by atoms with Crippen molar-refractivity contribution < 1.29 is 14.3 Å². The van der Waals surface area contributed by atoms with Crippen molar-refractivity contribution in [2.45, 2.75) is 58.9 Å². The highest BCUT2D eigenvalue weighted by Crippen LogP contribution is 2.39. The minimum absolute atomic E-state index is 0.171. The van der Waals surface area contributed by atoms with E-state index in [9.17, 15) is 9.59 Å². The van der Waals surface area contributed by atoms with Gasteiger partial charge in [0.15, 0.2) is 0 Å². The molecule has 1 fully saturated rings. The molecule has 0 spiro atoms. The summed E-state index contributed by atoms with van der Waals surface area (Å²) in [5, 5.41) is 10.7. The molecule has 1 aliphatic rings. The van der Waals surface area contributed by atoms with Crippen LogP contribution in [0.4, 0.5) is 17.5 Å². The summed E-state index contributed by atoms with van der Waals surface area (Å²) in [5.74, 6) is 2.50. The number of carbonyl (C=O) groups is 1. The first-order valence-electron chi connectivity index (χ1n) is 14.2. The number of hydrogen-bond acceptors (Lipinski definition) is 8. The fourth-order valence-electron chi connectivity index (χ4n) is 4.84. The molecule has 0 radical (unpaired) electrons. The maximum atomic E-state index is 13.6. The Morgan fingerprint density at radius 3 is 2.68 bits per heavy atom. The maximum Gasteiger partial charge on any atom is 0.290 e. The highest BCUT2D eigenvalue weighted by Gasteiger charge is 2.27. The van der Waals surface area contributed by atoms with Crippen LogP contribution in [0, 0.1) is 5.92 Å². The van der Waals surface area contributed by atoms with Crippen molar-refractivity contribution in [2.75, 3.05) is 23.8 Å². The summed E-state index contributed by atoms with van der Waals surface area (Å²) in [6, 6.07) is 10.8. The van der Waals surface area contributed by atoms with E-state index >= 15 is 0 Å². The molecule has 0 aliphatic heterocycles. The lowest BCUT2D eigenvalue weighted by Crippen LogP contribution is -2.30. The van der Waals surface area contributed by atoms with E-state index in [1.54, 1.807) is 23.0 Å². The summed E-state index contributed by atoms with van der Waals surface area (Å²) in [5.41, 5.74) is 2.82. The van der Waals surface area contributed by atoms with E-state index in [0.29, 0.717) is 54.6 Å². The van der Waals surface area contributed by atoms with Gasteiger partial charge in [0.1, 0.15) is 23.0 Å². The largest absolute Gasteiger partial charge is 0.457 e. The van der Waals surface area contributed by atoms with E-state index in [1.165, 1.54) is 6.92 Å². The maximum absolute atomic E-state index is 13.6. The van der Waals surface area contributed by atoms with Crippen LogP contribution in [0.15, 0.2) is 47.4 Å². The number of benzene rings is 1. The molecule has 1 saturated carbocycles. The quantitative estimate of drug-likeness (QED) is 0.225. The van der Waals surface area contributed by atoms with E-state index < -0.39 is 0 Å². The molecule has 1 unspecified atom stereocenters. The molecule has 0 saturated heterocycles. The van der Waals surface area contributed by atoms with Crippen LogP contribution in [0.2, 0.25) is 0 Å². The monoisotopic (exact) mass is 559 g/mol. The van der Waals surface area contributed by atoms with Gasteiger partial charge in [-0.25, -0.2) is 14.6 Å². The predicted octanol–water partition coefficient (Wildman–Crippen LogP) is 5.35. The first-order valence-corrected chi connectivity index (χ1v) is 14.2. The van der Waals surface area contributed by atoms with Gasteiger partial charge in [-0.15, -0.1) is 0 Å². The van der Waals surface area contributed by atoms with Crippen molar-refractivity contribution in [1.29, 1.82) is 0 Å². The molecule has 3 heterocycles. The summed E-state index contributed by atoms with van der Waals surface area (Å²) in [6.07, 6.45) is 5.72. The lowest BCUT2D eigenvalue weighted by molar-refractivity contribution is -0.114. The number of pyridine rings is 1. The number of hydrogen-bond donors (Lipinski definition) is 2. The van der Waals surface area contributed by atoms with Crippen LogP contribution in [0.5, 0.6) is 11.5 Å². The second kappa shape index (κ2) is 12.5. The van der Waals surface area contributed by atoms with Gasteiger partial charge in [0, 0.05) is 57.3 Å². The Hall–Kier alpha value is -4.25. The van der Waals surface area contributed by atoms with Crippen molar-refractivity contribution in [2.24, 2.45) is 13.0 Å². The van der Waals surface area contributed by atoms with Crippen LogP contribution in [0.1, 0.15) is 58.1 Å². The Balaban J connectivity index is 1.41. The molecular weight excluding hydrogens is 522 g/mol. The zero-order valence-corrected chi connectivity index (χ0v) is 24.0. The molecule has 2 N–H and O–H groups in total. The Kier molecular flexibility index (Phi) is 8.63. The van der Waals surface area contributed by atoms with Crippen LogP contribution >= 0.6 is 0 Å². The topological polar surface area (TPSA) is 125 Å². The van der Waals surface area contributed by atoms with Crippen LogP contribution < -0.4 is 20.9 Å². The van der Waals surface area contributed by atoms with Gasteiger partial charge in [-0.05, 0) is 50.5 Å². The number of ether oxygens (including phenoxy) is 2. The zero-order valence-electron chi connectivity index (χ0n) is 24.0. The Bertz CT molecular complexity index is 1590. The number of aromatic nitrogens is 5. The second-order valence-corrected chi connectivity index (χ2v) is 10.5. The van der Waals surface area contributed by atoms with Crippen LogP contribution in [0.25, 0.3) is 11.0 Å². The number of carbonyl (C=O) groups excluding carboxylic acids is 1. The molecule has 1 aromatic carbocycles. The summed E-state index contributed by atoms with van der Waals surface area (Å²) in [7, 11) is 1.89.